The fraction of sp³-hybridized carbons (Fsp3) is 0.500. The maximum Gasteiger partial charge on any atom is 0.262 e. The Morgan fingerprint density at radius 3 is 2.20 bits per heavy atom. The summed E-state index contributed by atoms with van der Waals surface area (Å²) in [4.78, 5) is 24.8. The largest absolute Gasteiger partial charge is 0.273 e. The Labute approximate surface area is 153 Å². The molecule has 4 saturated carbocycles. The Hall–Kier alpha value is -1.81. The van der Waals surface area contributed by atoms with Crippen molar-refractivity contribution in [2.45, 2.75) is 38.5 Å². The van der Waals surface area contributed by atoms with Gasteiger partial charge in [-0.1, -0.05) is 29.8 Å². The number of benzene rings is 1. The van der Waals surface area contributed by atoms with E-state index in [1.54, 1.807) is 12.1 Å². The minimum Gasteiger partial charge on any atom is -0.273 e. The predicted molar refractivity (Wildman–Crippen MR) is 97.4 cm³/mol. The van der Waals surface area contributed by atoms with Gasteiger partial charge in [-0.3, -0.25) is 20.4 Å². The molecule has 2 N–H and O–H groups in total. The van der Waals surface area contributed by atoms with Crippen molar-refractivity contribution in [2.24, 2.45) is 23.2 Å². The number of hydrazine groups is 1. The minimum absolute atomic E-state index is 0.00825. The highest BCUT2D eigenvalue weighted by molar-refractivity contribution is 6.32. The molecule has 0 saturated heterocycles. The Bertz CT molecular complexity index is 693. The number of nitrogens with one attached hydrogen (secondary N) is 2. The molecule has 1 aromatic rings. The molecule has 1 aromatic carbocycles. The van der Waals surface area contributed by atoms with Gasteiger partial charge in [-0.2, -0.15) is 0 Å². The molecule has 5 heteroatoms. The van der Waals surface area contributed by atoms with E-state index in [4.69, 9.17) is 11.6 Å². The van der Waals surface area contributed by atoms with Crippen LogP contribution in [0.25, 0.3) is 6.08 Å². The summed E-state index contributed by atoms with van der Waals surface area (Å²) in [5, 5.41) is 0.587. The second-order valence-corrected chi connectivity index (χ2v) is 8.40. The van der Waals surface area contributed by atoms with Crippen LogP contribution in [0.2, 0.25) is 5.02 Å². The highest BCUT2D eigenvalue weighted by atomic mass is 35.5. The lowest BCUT2D eigenvalue weighted by atomic mass is 9.49. The van der Waals surface area contributed by atoms with Gasteiger partial charge in [-0.25, -0.2) is 0 Å². The van der Waals surface area contributed by atoms with E-state index in [1.807, 2.05) is 18.2 Å². The van der Waals surface area contributed by atoms with Crippen LogP contribution in [0, 0.1) is 23.2 Å². The van der Waals surface area contributed by atoms with Crippen LogP contribution in [0.4, 0.5) is 0 Å². The summed E-state index contributed by atoms with van der Waals surface area (Å²) in [6.45, 7) is 0. The van der Waals surface area contributed by atoms with Gasteiger partial charge >= 0.3 is 0 Å². The first kappa shape index (κ1) is 16.6. The number of hydrogen-bond acceptors (Lipinski definition) is 2. The van der Waals surface area contributed by atoms with Gasteiger partial charge in [0.15, 0.2) is 0 Å². The zero-order valence-electron chi connectivity index (χ0n) is 14.1. The maximum absolute atomic E-state index is 12.8. The molecule has 0 radical (unpaired) electrons. The van der Waals surface area contributed by atoms with E-state index in [1.165, 1.54) is 25.3 Å². The van der Waals surface area contributed by atoms with Gasteiger partial charge in [0.1, 0.15) is 0 Å². The number of carbonyl (C=O) groups is 2. The average molecular weight is 359 g/mol. The summed E-state index contributed by atoms with van der Waals surface area (Å²) in [5.41, 5.74) is 5.71. The van der Waals surface area contributed by atoms with Crippen molar-refractivity contribution >= 4 is 29.5 Å². The Morgan fingerprint density at radius 1 is 1.00 bits per heavy atom. The monoisotopic (exact) mass is 358 g/mol. The van der Waals surface area contributed by atoms with Crippen LogP contribution < -0.4 is 10.9 Å². The molecule has 0 aliphatic heterocycles. The lowest BCUT2D eigenvalue weighted by molar-refractivity contribution is -0.148. The van der Waals surface area contributed by atoms with Crippen LogP contribution in [0.5, 0.6) is 0 Å². The van der Waals surface area contributed by atoms with E-state index in [-0.39, 0.29) is 17.2 Å². The third-order valence-electron chi connectivity index (χ3n) is 6.14. The normalized spacial score (nSPS) is 32.8. The van der Waals surface area contributed by atoms with Crippen molar-refractivity contribution in [2.75, 3.05) is 0 Å². The highest BCUT2D eigenvalue weighted by Gasteiger charge is 2.54. The van der Waals surface area contributed by atoms with Crippen LogP contribution in [0.15, 0.2) is 30.3 Å². The maximum atomic E-state index is 12.8. The second kappa shape index (κ2) is 6.49. The third-order valence-corrected chi connectivity index (χ3v) is 6.48. The van der Waals surface area contributed by atoms with Crippen molar-refractivity contribution < 1.29 is 9.59 Å². The molecule has 0 atom stereocenters. The lowest BCUT2D eigenvalue weighted by Gasteiger charge is -2.55. The van der Waals surface area contributed by atoms with Crippen LogP contribution >= 0.6 is 11.6 Å². The lowest BCUT2D eigenvalue weighted by Crippen LogP contribution is -2.56. The summed E-state index contributed by atoms with van der Waals surface area (Å²) in [5.74, 6) is 1.75. The Kier molecular flexibility index (Phi) is 4.32. The quantitative estimate of drug-likeness (QED) is 0.639. The van der Waals surface area contributed by atoms with Crippen LogP contribution in [-0.4, -0.2) is 11.8 Å². The van der Waals surface area contributed by atoms with E-state index >= 15 is 0 Å². The van der Waals surface area contributed by atoms with Gasteiger partial charge in [0.25, 0.3) is 5.91 Å². The van der Waals surface area contributed by atoms with Gasteiger partial charge in [-0.05, 0) is 74.0 Å². The number of halogens is 1. The van der Waals surface area contributed by atoms with Crippen LogP contribution in [-0.2, 0) is 9.59 Å². The van der Waals surface area contributed by atoms with Crippen LogP contribution in [0.1, 0.15) is 44.1 Å². The molecule has 0 heterocycles. The average Bonchev–Trinajstić information content (AvgIpc) is 2.57. The molecule has 0 unspecified atom stereocenters. The molecule has 5 rings (SSSR count). The van der Waals surface area contributed by atoms with E-state index in [0.29, 0.717) is 22.8 Å². The second-order valence-electron chi connectivity index (χ2n) is 8.00. The summed E-state index contributed by atoms with van der Waals surface area (Å²) < 4.78 is 0. The SMILES string of the molecule is O=C(/C=C/c1ccccc1Cl)NNC(=O)C12CC3CC(CC(C3)C1)C2. The smallest absolute Gasteiger partial charge is 0.262 e. The number of hydrogen-bond donors (Lipinski definition) is 2. The van der Waals surface area contributed by atoms with E-state index in [2.05, 4.69) is 10.9 Å². The van der Waals surface area contributed by atoms with Crippen molar-refractivity contribution in [3.63, 3.8) is 0 Å². The first-order valence-electron chi connectivity index (χ1n) is 9.07. The number of amides is 2. The van der Waals surface area contributed by atoms with Gasteiger partial charge in [0.2, 0.25) is 5.91 Å². The summed E-state index contributed by atoms with van der Waals surface area (Å²) in [7, 11) is 0. The van der Waals surface area contributed by atoms with E-state index in [0.717, 1.165) is 24.8 Å². The molecule has 0 spiro atoms. The molecule has 4 aliphatic carbocycles. The standard InChI is InChI=1S/C20H23ClN2O2/c21-17-4-2-1-3-16(17)5-6-18(24)22-23-19(25)20-10-13-7-14(11-20)9-15(8-13)12-20/h1-6,13-15H,7-12H2,(H,22,24)(H,23,25)/b6-5+. The number of carbonyl (C=O) groups excluding carboxylic acids is 2. The number of rotatable bonds is 3. The Balaban J connectivity index is 1.34. The molecule has 4 bridgehead atoms. The zero-order valence-corrected chi connectivity index (χ0v) is 14.9. The molecule has 25 heavy (non-hydrogen) atoms. The van der Waals surface area contributed by atoms with Crippen molar-refractivity contribution in [1.29, 1.82) is 0 Å². The van der Waals surface area contributed by atoms with Gasteiger partial charge in [0, 0.05) is 11.1 Å². The first-order valence-corrected chi connectivity index (χ1v) is 9.45. The molecule has 2 amide bonds. The molecule has 4 aliphatic rings. The zero-order chi connectivity index (χ0) is 17.4. The van der Waals surface area contributed by atoms with Crippen molar-refractivity contribution in [3.05, 3.63) is 40.9 Å². The van der Waals surface area contributed by atoms with Gasteiger partial charge in [0.05, 0.1) is 5.41 Å². The molecule has 132 valence electrons. The predicted octanol–water partition coefficient (Wildman–Crippen LogP) is 3.72. The molecular formula is C20H23ClN2O2. The first-order chi connectivity index (χ1) is 12.0. The molecule has 0 aromatic heterocycles. The molecule has 4 fully saturated rings. The molecule has 4 nitrogen and oxygen atoms in total. The van der Waals surface area contributed by atoms with Crippen LogP contribution in [0.3, 0.4) is 0 Å². The topological polar surface area (TPSA) is 58.2 Å². The van der Waals surface area contributed by atoms with E-state index < -0.39 is 0 Å². The van der Waals surface area contributed by atoms with Crippen molar-refractivity contribution in [3.8, 4) is 0 Å². The fourth-order valence-corrected chi connectivity index (χ4v) is 5.66. The third kappa shape index (κ3) is 3.32. The fourth-order valence-electron chi connectivity index (χ4n) is 5.46. The summed E-state index contributed by atoms with van der Waals surface area (Å²) >= 11 is 6.06. The van der Waals surface area contributed by atoms with Gasteiger partial charge in [-0.15, -0.1) is 0 Å². The minimum atomic E-state index is -0.349. The van der Waals surface area contributed by atoms with Crippen molar-refractivity contribution in [1.82, 2.24) is 10.9 Å². The molecular weight excluding hydrogens is 336 g/mol. The summed E-state index contributed by atoms with van der Waals surface area (Å²) in [6.07, 6.45) is 9.86. The van der Waals surface area contributed by atoms with Gasteiger partial charge < -0.3 is 0 Å². The highest BCUT2D eigenvalue weighted by Crippen LogP contribution is 2.59. The summed E-state index contributed by atoms with van der Waals surface area (Å²) in [6, 6.07) is 7.30. The van der Waals surface area contributed by atoms with E-state index in [9.17, 15) is 9.59 Å². The Morgan fingerprint density at radius 2 is 1.60 bits per heavy atom.